The second-order valence-corrected chi connectivity index (χ2v) is 4.12. The maximum absolute atomic E-state index is 8.58. The van der Waals surface area contributed by atoms with Crippen molar-refractivity contribution in [2.24, 2.45) is 0 Å². The number of rotatable bonds is 2. The fourth-order valence-corrected chi connectivity index (χ4v) is 1.91. The average Bonchev–Trinajstić information content (AvgIpc) is 2.68. The number of halogens is 1. The van der Waals surface area contributed by atoms with Gasteiger partial charge in [0.1, 0.15) is 0 Å². The Morgan fingerprint density at radius 1 is 1.33 bits per heavy atom. The predicted molar refractivity (Wildman–Crippen MR) is 59.1 cm³/mol. The van der Waals surface area contributed by atoms with Crippen LogP contribution in [0.1, 0.15) is 24.4 Å². The minimum Gasteiger partial charge on any atom is -0.253 e. The van der Waals surface area contributed by atoms with Crippen LogP contribution in [0.15, 0.2) is 24.3 Å². The van der Waals surface area contributed by atoms with E-state index in [1.165, 1.54) is 5.56 Å². The summed E-state index contributed by atoms with van der Waals surface area (Å²) in [7, 11) is 0. The Balaban J connectivity index is 2.02. The van der Waals surface area contributed by atoms with E-state index >= 15 is 0 Å². The molecule has 0 radical (unpaired) electrons. The van der Waals surface area contributed by atoms with Crippen molar-refractivity contribution in [3.05, 3.63) is 34.9 Å². The summed E-state index contributed by atoms with van der Waals surface area (Å²) in [6.45, 7) is 0. The second-order valence-electron chi connectivity index (χ2n) is 3.69. The Morgan fingerprint density at radius 2 is 2.07 bits per heavy atom. The Hall–Kier alpha value is -1.08. The van der Waals surface area contributed by atoms with Crippen LogP contribution in [0.4, 0.5) is 0 Å². The van der Waals surface area contributed by atoms with Gasteiger partial charge in [-0.1, -0.05) is 23.7 Å². The van der Waals surface area contributed by atoms with E-state index in [-0.39, 0.29) is 12.1 Å². The van der Waals surface area contributed by atoms with Crippen LogP contribution in [-0.2, 0) is 0 Å². The van der Waals surface area contributed by atoms with Gasteiger partial charge < -0.3 is 0 Å². The highest BCUT2D eigenvalue weighted by molar-refractivity contribution is 6.30. The molecule has 0 saturated carbocycles. The van der Waals surface area contributed by atoms with Gasteiger partial charge in [0.2, 0.25) is 0 Å². The van der Waals surface area contributed by atoms with Crippen molar-refractivity contribution in [2.45, 2.75) is 24.9 Å². The normalized spacial score (nSPS) is 25.1. The van der Waals surface area contributed by atoms with E-state index in [1.54, 1.807) is 0 Å². The predicted octanol–water partition coefficient (Wildman–Crippen LogP) is 2.16. The number of hydrogen-bond donors (Lipinski definition) is 2. The monoisotopic (exact) mass is 221 g/mol. The zero-order valence-corrected chi connectivity index (χ0v) is 8.96. The molecule has 0 aromatic heterocycles. The molecule has 2 unspecified atom stereocenters. The van der Waals surface area contributed by atoms with Gasteiger partial charge in [-0.3, -0.25) is 5.43 Å². The molecule has 0 bridgehead atoms. The van der Waals surface area contributed by atoms with Gasteiger partial charge in [0.25, 0.3) is 0 Å². The van der Waals surface area contributed by atoms with Crippen molar-refractivity contribution < 1.29 is 0 Å². The molecule has 0 spiro atoms. The maximum Gasteiger partial charge on any atom is 0.0638 e. The quantitative estimate of drug-likeness (QED) is 0.805. The first-order valence-electron chi connectivity index (χ1n) is 4.93. The van der Waals surface area contributed by atoms with Crippen molar-refractivity contribution in [1.29, 1.82) is 5.26 Å². The SMILES string of the molecule is N#CCC1CC(c2ccc(Cl)cc2)NN1. The van der Waals surface area contributed by atoms with Crippen LogP contribution in [0.2, 0.25) is 5.02 Å². The number of hydrazine groups is 1. The lowest BCUT2D eigenvalue weighted by Gasteiger charge is -2.09. The first kappa shape index (κ1) is 10.4. The molecule has 1 aromatic carbocycles. The topological polar surface area (TPSA) is 47.9 Å². The van der Waals surface area contributed by atoms with E-state index in [0.29, 0.717) is 6.42 Å². The molecule has 1 saturated heterocycles. The summed E-state index contributed by atoms with van der Waals surface area (Å²) in [6, 6.07) is 10.5. The van der Waals surface area contributed by atoms with Gasteiger partial charge in [-0.05, 0) is 24.1 Å². The third kappa shape index (κ3) is 2.48. The first-order chi connectivity index (χ1) is 7.29. The van der Waals surface area contributed by atoms with Gasteiger partial charge >= 0.3 is 0 Å². The van der Waals surface area contributed by atoms with E-state index in [4.69, 9.17) is 16.9 Å². The molecule has 1 heterocycles. The molecule has 4 heteroatoms. The Bertz CT molecular complexity index is 368. The van der Waals surface area contributed by atoms with Crippen LogP contribution in [-0.4, -0.2) is 6.04 Å². The third-order valence-corrected chi connectivity index (χ3v) is 2.84. The van der Waals surface area contributed by atoms with Gasteiger partial charge in [-0.15, -0.1) is 0 Å². The van der Waals surface area contributed by atoms with Gasteiger partial charge in [0.05, 0.1) is 12.5 Å². The molecule has 2 atom stereocenters. The molecule has 3 nitrogen and oxygen atoms in total. The van der Waals surface area contributed by atoms with Crippen LogP contribution in [0.25, 0.3) is 0 Å². The summed E-state index contributed by atoms with van der Waals surface area (Å²) < 4.78 is 0. The summed E-state index contributed by atoms with van der Waals surface area (Å²) in [5.74, 6) is 0. The summed E-state index contributed by atoms with van der Waals surface area (Å²) >= 11 is 5.82. The van der Waals surface area contributed by atoms with E-state index in [1.807, 2.05) is 24.3 Å². The molecule has 0 aliphatic carbocycles. The Labute approximate surface area is 94.0 Å². The lowest BCUT2D eigenvalue weighted by molar-refractivity contribution is 0.547. The number of benzene rings is 1. The largest absolute Gasteiger partial charge is 0.253 e. The van der Waals surface area contributed by atoms with E-state index in [0.717, 1.165) is 11.4 Å². The van der Waals surface area contributed by atoms with Crippen molar-refractivity contribution in [1.82, 2.24) is 10.9 Å². The molecule has 2 N–H and O–H groups in total. The van der Waals surface area contributed by atoms with Crippen LogP contribution < -0.4 is 10.9 Å². The lowest BCUT2D eigenvalue weighted by Crippen LogP contribution is -2.30. The van der Waals surface area contributed by atoms with Crippen molar-refractivity contribution in [2.75, 3.05) is 0 Å². The highest BCUT2D eigenvalue weighted by Gasteiger charge is 2.24. The van der Waals surface area contributed by atoms with Gasteiger partial charge in [0.15, 0.2) is 0 Å². The molecule has 1 aromatic rings. The zero-order valence-electron chi connectivity index (χ0n) is 8.20. The lowest BCUT2D eigenvalue weighted by atomic mass is 10.0. The number of nitrogens with one attached hydrogen (secondary N) is 2. The highest BCUT2D eigenvalue weighted by Crippen LogP contribution is 2.24. The fraction of sp³-hybridized carbons (Fsp3) is 0.364. The Kier molecular flexibility index (Phi) is 3.22. The van der Waals surface area contributed by atoms with Gasteiger partial charge in [-0.2, -0.15) is 5.26 Å². The maximum atomic E-state index is 8.58. The minimum atomic E-state index is 0.246. The minimum absolute atomic E-state index is 0.246. The van der Waals surface area contributed by atoms with Crippen molar-refractivity contribution in [3.63, 3.8) is 0 Å². The summed E-state index contributed by atoms with van der Waals surface area (Å²) in [4.78, 5) is 0. The van der Waals surface area contributed by atoms with E-state index < -0.39 is 0 Å². The third-order valence-electron chi connectivity index (χ3n) is 2.59. The van der Waals surface area contributed by atoms with Gasteiger partial charge in [-0.25, -0.2) is 5.43 Å². The highest BCUT2D eigenvalue weighted by atomic mass is 35.5. The number of hydrogen-bond acceptors (Lipinski definition) is 3. The smallest absolute Gasteiger partial charge is 0.0638 e. The molecule has 0 amide bonds. The standard InChI is InChI=1S/C11H12ClN3/c12-9-3-1-8(2-4-9)11-7-10(5-6-13)14-15-11/h1-4,10-11,14-15H,5,7H2. The molecule has 1 aliphatic rings. The molecule has 78 valence electrons. The van der Waals surface area contributed by atoms with E-state index in [2.05, 4.69) is 16.9 Å². The van der Waals surface area contributed by atoms with Crippen molar-refractivity contribution >= 4 is 11.6 Å². The molecular formula is C11H12ClN3. The molecule has 2 rings (SSSR count). The Morgan fingerprint density at radius 3 is 2.73 bits per heavy atom. The molecule has 1 fully saturated rings. The van der Waals surface area contributed by atoms with Crippen LogP contribution in [0, 0.1) is 11.3 Å². The fourth-order valence-electron chi connectivity index (χ4n) is 1.78. The summed E-state index contributed by atoms with van der Waals surface area (Å²) in [6.07, 6.45) is 1.48. The molecule has 1 aliphatic heterocycles. The van der Waals surface area contributed by atoms with Crippen LogP contribution in [0.5, 0.6) is 0 Å². The molecule has 15 heavy (non-hydrogen) atoms. The van der Waals surface area contributed by atoms with Crippen molar-refractivity contribution in [3.8, 4) is 6.07 Å². The van der Waals surface area contributed by atoms with Gasteiger partial charge in [0, 0.05) is 17.1 Å². The number of nitriles is 1. The van der Waals surface area contributed by atoms with Crippen LogP contribution >= 0.6 is 11.6 Å². The number of nitrogens with zero attached hydrogens (tertiary/aromatic N) is 1. The average molecular weight is 222 g/mol. The summed E-state index contributed by atoms with van der Waals surface area (Å²) in [5.41, 5.74) is 7.50. The van der Waals surface area contributed by atoms with Crippen LogP contribution in [0.3, 0.4) is 0 Å². The second kappa shape index (κ2) is 4.63. The molecular weight excluding hydrogens is 210 g/mol. The first-order valence-corrected chi connectivity index (χ1v) is 5.31. The zero-order chi connectivity index (χ0) is 10.7. The van der Waals surface area contributed by atoms with E-state index in [9.17, 15) is 0 Å². The summed E-state index contributed by atoms with van der Waals surface area (Å²) in [5, 5.41) is 9.33.